The van der Waals surface area contributed by atoms with Gasteiger partial charge in [0.2, 0.25) is 20.9 Å². The van der Waals surface area contributed by atoms with Crippen LogP contribution in [0.2, 0.25) is 0 Å². The molecule has 1 saturated carbocycles. The number of aromatic nitrogens is 4. The molecule has 17 heteroatoms. The molecule has 0 atom stereocenters. The van der Waals surface area contributed by atoms with Crippen LogP contribution in [-0.2, 0) is 21.0 Å². The number of carbonyl (C=O) groups is 1. The fraction of sp³-hybridized carbons (Fsp3) is 0.522. The van der Waals surface area contributed by atoms with E-state index in [2.05, 4.69) is 19.9 Å². The van der Waals surface area contributed by atoms with E-state index < -0.39 is 26.7 Å². The number of anilines is 1. The lowest BCUT2D eigenvalue weighted by molar-refractivity contribution is -0.138. The van der Waals surface area contributed by atoms with Crippen molar-refractivity contribution in [1.82, 2.24) is 34.1 Å². The predicted molar refractivity (Wildman–Crippen MR) is 139 cm³/mol. The van der Waals surface area contributed by atoms with Crippen LogP contribution < -0.4 is 9.62 Å². The van der Waals surface area contributed by atoms with E-state index in [1.807, 2.05) is 30.0 Å². The summed E-state index contributed by atoms with van der Waals surface area (Å²) in [4.78, 5) is 22.3. The van der Waals surface area contributed by atoms with Gasteiger partial charge in [0.05, 0.1) is 23.5 Å². The number of alkyl halides is 3. The molecule has 0 aromatic carbocycles. The highest BCUT2D eigenvalue weighted by Gasteiger charge is 2.47. The van der Waals surface area contributed by atoms with Gasteiger partial charge in [-0.1, -0.05) is 11.3 Å². The Kier molecular flexibility index (Phi) is 7.23. The number of halogens is 3. The minimum absolute atomic E-state index is 0.000201. The van der Waals surface area contributed by atoms with Crippen LogP contribution in [0.4, 0.5) is 18.9 Å². The molecule has 0 spiro atoms. The molecule has 4 heterocycles. The lowest BCUT2D eigenvalue weighted by Crippen LogP contribution is -2.49. The van der Waals surface area contributed by atoms with Gasteiger partial charge in [-0.05, 0) is 33.0 Å². The molecule has 1 saturated heterocycles. The molecule has 0 bridgehead atoms. The minimum atomic E-state index is -4.69. The number of fused-ring (bicyclic) bond motifs is 1. The molecule has 2 aliphatic rings. The Morgan fingerprint density at radius 3 is 2.50 bits per heavy atom. The molecule has 3 aromatic rings. The molecule has 3 aromatic heterocycles. The van der Waals surface area contributed by atoms with E-state index in [1.165, 1.54) is 22.9 Å². The second kappa shape index (κ2) is 10.3. The van der Waals surface area contributed by atoms with E-state index in [0.717, 1.165) is 0 Å². The summed E-state index contributed by atoms with van der Waals surface area (Å²) in [5, 5.41) is 15.0. The number of amides is 1. The van der Waals surface area contributed by atoms with Crippen molar-refractivity contribution in [2.75, 3.05) is 51.7 Å². The van der Waals surface area contributed by atoms with Gasteiger partial charge in [-0.25, -0.2) is 13.4 Å². The number of pyridine rings is 1. The summed E-state index contributed by atoms with van der Waals surface area (Å²) < 4.78 is 70.1. The third-order valence-electron chi connectivity index (χ3n) is 6.80. The zero-order chi connectivity index (χ0) is 28.9. The number of rotatable bonds is 8. The number of sulfonamides is 1. The summed E-state index contributed by atoms with van der Waals surface area (Å²) in [6.45, 7) is 2.26. The molecular weight excluding hydrogens is 571 g/mol. The van der Waals surface area contributed by atoms with Crippen molar-refractivity contribution in [2.45, 2.75) is 35.9 Å². The Bertz CT molecular complexity index is 1580. The molecule has 1 aliphatic carbocycles. The zero-order valence-electron chi connectivity index (χ0n) is 21.6. The van der Waals surface area contributed by atoms with Crippen LogP contribution in [0.5, 0.6) is 0 Å². The lowest BCUT2D eigenvalue weighted by atomic mass is 10.2. The second-order valence-corrected chi connectivity index (χ2v) is 12.7. The summed E-state index contributed by atoms with van der Waals surface area (Å²) in [7, 11) is -0.407. The maximum Gasteiger partial charge on any atom is 0.445 e. The van der Waals surface area contributed by atoms with Crippen LogP contribution in [0, 0.1) is 11.3 Å². The second-order valence-electron chi connectivity index (χ2n) is 10.0. The Morgan fingerprint density at radius 2 is 1.93 bits per heavy atom. The topological polar surface area (TPSA) is 140 Å². The number of nitrogens with one attached hydrogen (secondary N) is 1. The smallest absolute Gasteiger partial charge is 0.366 e. The Balaban J connectivity index is 1.52. The van der Waals surface area contributed by atoms with Gasteiger partial charge >= 0.3 is 6.18 Å². The minimum Gasteiger partial charge on any atom is -0.366 e. The summed E-state index contributed by atoms with van der Waals surface area (Å²) in [6, 6.07) is 3.45. The highest BCUT2D eigenvalue weighted by molar-refractivity contribution is 7.89. The Labute approximate surface area is 232 Å². The Hall–Kier alpha value is -3.33. The fourth-order valence-corrected chi connectivity index (χ4v) is 6.49. The summed E-state index contributed by atoms with van der Waals surface area (Å²) in [5.41, 5.74) is -0.249. The van der Waals surface area contributed by atoms with Gasteiger partial charge in [-0.3, -0.25) is 9.20 Å². The van der Waals surface area contributed by atoms with E-state index in [0.29, 0.717) is 74.5 Å². The van der Waals surface area contributed by atoms with Gasteiger partial charge in [-0.15, -0.1) is 10.2 Å². The number of imidazole rings is 1. The van der Waals surface area contributed by atoms with E-state index in [1.54, 1.807) is 4.90 Å². The maximum atomic E-state index is 13.4. The predicted octanol–water partition coefficient (Wildman–Crippen LogP) is 1.81. The maximum absolute atomic E-state index is 13.4. The molecular formula is C23H26F3N9O3S2. The molecule has 5 rings (SSSR count). The molecule has 1 N–H and O–H groups in total. The van der Waals surface area contributed by atoms with Crippen LogP contribution >= 0.6 is 11.3 Å². The SMILES string of the molecule is CN(C)CCC(=O)N1CCN(c2cc(S(=O)(=O)NC3(C#N)CC3)cn3c(-c4nnc(C(F)(F)F)s4)ncc23)CC1. The third kappa shape index (κ3) is 5.61. The lowest BCUT2D eigenvalue weighted by Gasteiger charge is -2.36. The van der Waals surface area contributed by atoms with Crippen LogP contribution in [0.15, 0.2) is 23.4 Å². The number of nitrogens with zero attached hydrogens (tertiary/aromatic N) is 8. The van der Waals surface area contributed by atoms with Gasteiger partial charge in [0.25, 0.3) is 0 Å². The normalized spacial score (nSPS) is 17.4. The van der Waals surface area contributed by atoms with Crippen LogP contribution in [0.25, 0.3) is 16.3 Å². The number of piperazine rings is 1. The monoisotopic (exact) mass is 597 g/mol. The summed E-state index contributed by atoms with van der Waals surface area (Å²) in [6.07, 6.45) is -0.856. The van der Waals surface area contributed by atoms with Crippen LogP contribution in [0.3, 0.4) is 0 Å². The quantitative estimate of drug-likeness (QED) is 0.412. The highest BCUT2D eigenvalue weighted by Crippen LogP contribution is 2.38. The number of hydrogen-bond donors (Lipinski definition) is 1. The molecule has 214 valence electrons. The first kappa shape index (κ1) is 28.2. The van der Waals surface area contributed by atoms with Gasteiger partial charge in [-0.2, -0.15) is 23.2 Å². The molecule has 0 radical (unpaired) electrons. The number of hydrogen-bond acceptors (Lipinski definition) is 10. The van der Waals surface area contributed by atoms with E-state index in [4.69, 9.17) is 0 Å². The molecule has 2 fully saturated rings. The van der Waals surface area contributed by atoms with Crippen molar-refractivity contribution in [3.63, 3.8) is 0 Å². The summed E-state index contributed by atoms with van der Waals surface area (Å²) in [5.74, 6) is 0.0221. The van der Waals surface area contributed by atoms with Gasteiger partial charge < -0.3 is 14.7 Å². The average molecular weight is 598 g/mol. The van der Waals surface area contributed by atoms with Crippen molar-refractivity contribution < 1.29 is 26.4 Å². The molecule has 12 nitrogen and oxygen atoms in total. The van der Waals surface area contributed by atoms with Crippen LogP contribution in [0.1, 0.15) is 24.3 Å². The van der Waals surface area contributed by atoms with Gasteiger partial charge in [0, 0.05) is 45.3 Å². The number of nitriles is 1. The highest BCUT2D eigenvalue weighted by atomic mass is 32.2. The van der Waals surface area contributed by atoms with Crippen molar-refractivity contribution in [3.05, 3.63) is 23.5 Å². The van der Waals surface area contributed by atoms with Gasteiger partial charge in [0.15, 0.2) is 10.8 Å². The third-order valence-corrected chi connectivity index (χ3v) is 9.27. The van der Waals surface area contributed by atoms with E-state index >= 15 is 0 Å². The van der Waals surface area contributed by atoms with Gasteiger partial charge in [0.1, 0.15) is 10.4 Å². The largest absolute Gasteiger partial charge is 0.445 e. The first-order valence-corrected chi connectivity index (χ1v) is 14.7. The standard InChI is InChI=1S/C23H26F3N9O3S2/c1-32(2)6-3-18(36)34-9-7-33(8-10-34)16-11-15(40(37,38)31-22(14-27)4-5-22)13-35-17(16)12-28-19(35)20-29-30-21(39-20)23(24,25)26/h11-13,31H,3-10H2,1-2H3. The molecule has 1 aliphatic heterocycles. The fourth-order valence-electron chi connectivity index (χ4n) is 4.39. The number of carbonyl (C=O) groups excluding carboxylic acids is 1. The first-order chi connectivity index (χ1) is 18.8. The van der Waals surface area contributed by atoms with Crippen molar-refractivity contribution in [3.8, 4) is 16.9 Å². The molecule has 1 amide bonds. The first-order valence-electron chi connectivity index (χ1n) is 12.4. The average Bonchev–Trinajstić information content (AvgIpc) is 3.28. The Morgan fingerprint density at radius 1 is 1.23 bits per heavy atom. The molecule has 40 heavy (non-hydrogen) atoms. The van der Waals surface area contributed by atoms with Crippen molar-refractivity contribution in [2.24, 2.45) is 0 Å². The van der Waals surface area contributed by atoms with Crippen molar-refractivity contribution in [1.29, 1.82) is 5.26 Å². The van der Waals surface area contributed by atoms with Crippen LogP contribution in [-0.4, -0.2) is 96.1 Å². The van der Waals surface area contributed by atoms with Crippen molar-refractivity contribution >= 4 is 38.5 Å². The van der Waals surface area contributed by atoms with E-state index in [-0.39, 0.29) is 21.6 Å². The van der Waals surface area contributed by atoms with E-state index in [9.17, 15) is 31.6 Å². The summed E-state index contributed by atoms with van der Waals surface area (Å²) >= 11 is 0.301. The molecule has 0 unspecified atom stereocenters. The zero-order valence-corrected chi connectivity index (χ0v) is 23.3.